The molecule has 0 aromatic carbocycles. The van der Waals surface area contributed by atoms with Gasteiger partial charge in [-0.15, -0.1) is 0 Å². The summed E-state index contributed by atoms with van der Waals surface area (Å²) in [6, 6.07) is 1.16. The molecule has 1 heterocycles. The smallest absolute Gasteiger partial charge is 0.155 e. The fourth-order valence-corrected chi connectivity index (χ4v) is 4.22. The van der Waals surface area contributed by atoms with Crippen molar-refractivity contribution in [3.05, 3.63) is 11.4 Å². The Balaban J connectivity index is 2.98. The first kappa shape index (κ1) is 12.1. The van der Waals surface area contributed by atoms with Gasteiger partial charge in [-0.05, 0) is 64.1 Å². The Morgan fingerprint density at radius 3 is 1.36 bits per heavy atom. The number of rotatable bonds is 2. The third-order valence-electron chi connectivity index (χ3n) is 2.87. The SMILES string of the molecule is CC1=C(C)N(C(C)C)C(I)N1C(C)C. The molecular weight excluding hydrogens is 287 g/mol. The Kier molecular flexibility index (Phi) is 3.72. The molecule has 1 aliphatic rings. The molecule has 0 spiro atoms. The summed E-state index contributed by atoms with van der Waals surface area (Å²) in [6.07, 6.45) is 0. The van der Waals surface area contributed by atoms with Gasteiger partial charge in [-0.25, -0.2) is 0 Å². The average molecular weight is 308 g/mol. The fraction of sp³-hybridized carbons (Fsp3) is 0.818. The van der Waals surface area contributed by atoms with Gasteiger partial charge in [0, 0.05) is 23.5 Å². The summed E-state index contributed by atoms with van der Waals surface area (Å²) in [5, 5.41) is 0. The quantitative estimate of drug-likeness (QED) is 0.438. The summed E-state index contributed by atoms with van der Waals surface area (Å²) in [6.45, 7) is 13.5. The fourth-order valence-electron chi connectivity index (χ4n) is 2.09. The maximum atomic E-state index is 2.53. The monoisotopic (exact) mass is 308 g/mol. The van der Waals surface area contributed by atoms with Crippen LogP contribution in [0.2, 0.25) is 0 Å². The van der Waals surface area contributed by atoms with Crippen LogP contribution in [0.25, 0.3) is 0 Å². The Morgan fingerprint density at radius 1 is 0.929 bits per heavy atom. The molecule has 0 aliphatic carbocycles. The largest absolute Gasteiger partial charge is 0.343 e. The van der Waals surface area contributed by atoms with E-state index in [1.807, 2.05) is 0 Å². The molecule has 1 aliphatic heterocycles. The van der Waals surface area contributed by atoms with Gasteiger partial charge < -0.3 is 9.80 Å². The van der Waals surface area contributed by atoms with Gasteiger partial charge in [0.05, 0.1) is 0 Å². The van der Waals surface area contributed by atoms with Gasteiger partial charge >= 0.3 is 0 Å². The molecule has 1 rings (SSSR count). The number of hydrogen-bond donors (Lipinski definition) is 0. The highest BCUT2D eigenvalue weighted by Gasteiger charge is 2.34. The van der Waals surface area contributed by atoms with Crippen molar-refractivity contribution in [2.75, 3.05) is 0 Å². The van der Waals surface area contributed by atoms with Crippen molar-refractivity contribution in [1.82, 2.24) is 9.80 Å². The molecule has 0 bridgehead atoms. The van der Waals surface area contributed by atoms with Crippen molar-refractivity contribution in [3.63, 3.8) is 0 Å². The van der Waals surface area contributed by atoms with Crippen LogP contribution in [-0.2, 0) is 0 Å². The molecule has 0 radical (unpaired) electrons. The average Bonchev–Trinajstić information content (AvgIpc) is 2.23. The second-order valence-electron chi connectivity index (χ2n) is 4.48. The Morgan fingerprint density at radius 2 is 1.21 bits per heavy atom. The second kappa shape index (κ2) is 4.29. The van der Waals surface area contributed by atoms with Gasteiger partial charge in [0.25, 0.3) is 0 Å². The van der Waals surface area contributed by atoms with Crippen LogP contribution in [0.3, 0.4) is 0 Å². The molecule has 82 valence electrons. The molecular formula is C11H21IN2. The summed E-state index contributed by atoms with van der Waals surface area (Å²) in [5.74, 6) is 0. The lowest BCUT2D eigenvalue weighted by molar-refractivity contribution is 0.172. The molecule has 0 atom stereocenters. The molecule has 0 aromatic rings. The highest BCUT2D eigenvalue weighted by atomic mass is 127. The molecule has 0 unspecified atom stereocenters. The third kappa shape index (κ3) is 1.88. The zero-order valence-corrected chi connectivity index (χ0v) is 12.2. The number of hydrogen-bond acceptors (Lipinski definition) is 2. The van der Waals surface area contributed by atoms with Crippen LogP contribution in [0.15, 0.2) is 11.4 Å². The van der Waals surface area contributed by atoms with Crippen molar-refractivity contribution in [3.8, 4) is 0 Å². The maximum absolute atomic E-state index is 2.53. The summed E-state index contributed by atoms with van der Waals surface area (Å²) in [7, 11) is 0. The predicted molar refractivity (Wildman–Crippen MR) is 70.1 cm³/mol. The molecule has 3 heteroatoms. The number of alkyl halides is 1. The Bertz CT molecular complexity index is 222. The maximum Gasteiger partial charge on any atom is 0.155 e. The van der Waals surface area contributed by atoms with E-state index in [0.29, 0.717) is 16.3 Å². The standard InChI is InChI=1S/C11H21IN2/c1-7(2)13-9(5)10(6)14(8(3)4)11(13)12/h7-8,11H,1-6H3. The van der Waals surface area contributed by atoms with Gasteiger partial charge in [0.1, 0.15) is 0 Å². The van der Waals surface area contributed by atoms with Crippen molar-refractivity contribution in [2.24, 2.45) is 0 Å². The van der Waals surface area contributed by atoms with E-state index in [2.05, 4.69) is 73.9 Å². The third-order valence-corrected chi connectivity index (χ3v) is 4.07. The van der Waals surface area contributed by atoms with Gasteiger partial charge in [-0.1, -0.05) is 0 Å². The van der Waals surface area contributed by atoms with Gasteiger partial charge in [-0.2, -0.15) is 0 Å². The van der Waals surface area contributed by atoms with Crippen molar-refractivity contribution in [2.45, 2.75) is 57.8 Å². The minimum absolute atomic E-state index is 0.479. The number of nitrogens with zero attached hydrogens (tertiary/aromatic N) is 2. The highest BCUT2D eigenvalue weighted by Crippen LogP contribution is 2.35. The summed E-state index contributed by atoms with van der Waals surface area (Å²) < 4.78 is 0.479. The molecule has 14 heavy (non-hydrogen) atoms. The normalized spacial score (nSPS) is 19.5. The minimum atomic E-state index is 0.479. The van der Waals surface area contributed by atoms with Gasteiger partial charge in [0.15, 0.2) is 4.17 Å². The molecule has 0 saturated heterocycles. The number of allylic oxidation sites excluding steroid dienone is 2. The second-order valence-corrected chi connectivity index (χ2v) is 5.60. The molecule has 2 nitrogen and oxygen atoms in total. The van der Waals surface area contributed by atoms with Crippen LogP contribution in [0.5, 0.6) is 0 Å². The van der Waals surface area contributed by atoms with Crippen molar-refractivity contribution >= 4 is 22.6 Å². The molecule has 0 N–H and O–H groups in total. The lowest BCUT2D eigenvalue weighted by Gasteiger charge is -2.35. The van der Waals surface area contributed by atoms with Crippen LogP contribution in [0, 0.1) is 0 Å². The molecule has 0 amide bonds. The van der Waals surface area contributed by atoms with E-state index in [0.717, 1.165) is 0 Å². The molecule has 0 aromatic heterocycles. The highest BCUT2D eigenvalue weighted by molar-refractivity contribution is 14.1. The first-order valence-corrected chi connectivity index (χ1v) is 6.50. The first-order chi connectivity index (χ1) is 6.37. The van der Waals surface area contributed by atoms with E-state index in [1.54, 1.807) is 0 Å². The van der Waals surface area contributed by atoms with Crippen molar-refractivity contribution < 1.29 is 0 Å². The van der Waals surface area contributed by atoms with Crippen LogP contribution >= 0.6 is 22.6 Å². The van der Waals surface area contributed by atoms with E-state index < -0.39 is 0 Å². The van der Waals surface area contributed by atoms with E-state index >= 15 is 0 Å². The first-order valence-electron chi connectivity index (χ1n) is 5.26. The predicted octanol–water partition coefficient (Wildman–Crippen LogP) is 3.39. The molecule has 0 fully saturated rings. The zero-order chi connectivity index (χ0) is 11.0. The van der Waals surface area contributed by atoms with E-state index in [1.165, 1.54) is 11.4 Å². The van der Waals surface area contributed by atoms with Crippen molar-refractivity contribution in [1.29, 1.82) is 0 Å². The lowest BCUT2D eigenvalue weighted by Crippen LogP contribution is -2.41. The Hall–Kier alpha value is 0.0700. The summed E-state index contributed by atoms with van der Waals surface area (Å²) in [4.78, 5) is 4.96. The lowest BCUT2D eigenvalue weighted by atomic mass is 10.3. The zero-order valence-electron chi connectivity index (χ0n) is 10.0. The van der Waals surface area contributed by atoms with Crippen LogP contribution in [-0.4, -0.2) is 26.1 Å². The molecule has 0 saturated carbocycles. The van der Waals surface area contributed by atoms with Gasteiger partial charge in [0.2, 0.25) is 0 Å². The van der Waals surface area contributed by atoms with Crippen LogP contribution in [0.4, 0.5) is 0 Å². The summed E-state index contributed by atoms with van der Waals surface area (Å²) >= 11 is 2.53. The van der Waals surface area contributed by atoms with Gasteiger partial charge in [-0.3, -0.25) is 0 Å². The van der Waals surface area contributed by atoms with E-state index in [-0.39, 0.29) is 0 Å². The summed E-state index contributed by atoms with van der Waals surface area (Å²) in [5.41, 5.74) is 2.85. The van der Waals surface area contributed by atoms with E-state index in [9.17, 15) is 0 Å². The topological polar surface area (TPSA) is 6.48 Å². The Labute approximate surface area is 101 Å². The minimum Gasteiger partial charge on any atom is -0.343 e. The van der Waals surface area contributed by atoms with Crippen LogP contribution in [0.1, 0.15) is 41.5 Å². The van der Waals surface area contributed by atoms with E-state index in [4.69, 9.17) is 0 Å². The van der Waals surface area contributed by atoms with Crippen LogP contribution < -0.4 is 0 Å². The number of halogens is 1.